The molecule has 5 nitrogen and oxygen atoms in total. The van der Waals surface area contributed by atoms with E-state index in [9.17, 15) is 9.59 Å². The van der Waals surface area contributed by atoms with Crippen molar-refractivity contribution in [1.82, 2.24) is 4.90 Å². The van der Waals surface area contributed by atoms with Crippen molar-refractivity contribution in [2.75, 3.05) is 24.3 Å². The number of carbonyl (C=O) groups is 2. The molecule has 0 saturated heterocycles. The van der Waals surface area contributed by atoms with Crippen LogP contribution in [0.3, 0.4) is 0 Å². The molecule has 0 aromatic heterocycles. The van der Waals surface area contributed by atoms with E-state index < -0.39 is 0 Å². The van der Waals surface area contributed by atoms with Crippen LogP contribution in [0.5, 0.6) is 0 Å². The molecule has 0 unspecified atom stereocenters. The zero-order valence-corrected chi connectivity index (χ0v) is 20.8. The Kier molecular flexibility index (Phi) is 8.94. The summed E-state index contributed by atoms with van der Waals surface area (Å²) in [6.07, 6.45) is 1.87. The molecule has 170 valence electrons. The number of rotatable bonds is 8. The van der Waals surface area contributed by atoms with E-state index in [1.165, 1.54) is 0 Å². The Balaban J connectivity index is 3.20. The third kappa shape index (κ3) is 8.76. The molecule has 0 fully saturated rings. The summed E-state index contributed by atoms with van der Waals surface area (Å²) >= 11 is 0. The van der Waals surface area contributed by atoms with E-state index in [1.54, 1.807) is 0 Å². The van der Waals surface area contributed by atoms with Crippen LogP contribution in [0.15, 0.2) is 18.2 Å². The summed E-state index contributed by atoms with van der Waals surface area (Å²) in [4.78, 5) is 29.6. The van der Waals surface area contributed by atoms with E-state index in [2.05, 4.69) is 65.6 Å². The van der Waals surface area contributed by atoms with Crippen molar-refractivity contribution in [3.8, 4) is 0 Å². The molecule has 1 rings (SSSR count). The molecular weight excluding hydrogens is 374 g/mol. The van der Waals surface area contributed by atoms with Gasteiger partial charge in [-0.1, -0.05) is 48.5 Å². The van der Waals surface area contributed by atoms with Crippen molar-refractivity contribution in [2.45, 2.75) is 87.2 Å². The van der Waals surface area contributed by atoms with Gasteiger partial charge in [-0.2, -0.15) is 0 Å². The fourth-order valence-electron chi connectivity index (χ4n) is 3.36. The average Bonchev–Trinajstić information content (AvgIpc) is 2.55. The van der Waals surface area contributed by atoms with Crippen LogP contribution in [0.2, 0.25) is 0 Å². The molecule has 1 atom stereocenters. The maximum atomic E-state index is 13.1. The molecule has 0 aliphatic rings. The molecule has 0 aliphatic heterocycles. The Bertz CT molecular complexity index is 727. The zero-order valence-electron chi connectivity index (χ0n) is 20.8. The van der Waals surface area contributed by atoms with Crippen LogP contribution in [-0.4, -0.2) is 36.9 Å². The molecule has 30 heavy (non-hydrogen) atoms. The molecule has 1 aromatic rings. The third-order valence-electron chi connectivity index (χ3n) is 5.00. The highest BCUT2D eigenvalue weighted by atomic mass is 16.2. The molecule has 0 bridgehead atoms. The Morgan fingerprint density at radius 2 is 1.57 bits per heavy atom. The lowest BCUT2D eigenvalue weighted by molar-refractivity contribution is -0.136. The minimum atomic E-state index is -0.0662. The second kappa shape index (κ2) is 10.3. The highest BCUT2D eigenvalue weighted by Gasteiger charge is 2.25. The Labute approximate surface area is 184 Å². The quantitative estimate of drug-likeness (QED) is 0.591. The molecule has 0 saturated carbocycles. The largest absolute Gasteiger partial charge is 0.377 e. The highest BCUT2D eigenvalue weighted by molar-refractivity contribution is 5.91. The second-order valence-corrected chi connectivity index (χ2v) is 11.0. The molecule has 0 heterocycles. The van der Waals surface area contributed by atoms with E-state index >= 15 is 0 Å². The number of nitrogens with zero attached hydrogens (tertiary/aromatic N) is 2. The van der Waals surface area contributed by atoms with Gasteiger partial charge in [-0.15, -0.1) is 0 Å². The molecule has 5 heteroatoms. The van der Waals surface area contributed by atoms with Crippen molar-refractivity contribution in [3.63, 3.8) is 0 Å². The summed E-state index contributed by atoms with van der Waals surface area (Å²) in [7, 11) is 4.00. The molecule has 1 N–H and O–H groups in total. The average molecular weight is 418 g/mol. The van der Waals surface area contributed by atoms with Crippen molar-refractivity contribution in [2.24, 2.45) is 10.8 Å². The molecule has 0 spiro atoms. The van der Waals surface area contributed by atoms with Gasteiger partial charge in [0.05, 0.1) is 0 Å². The van der Waals surface area contributed by atoms with Crippen molar-refractivity contribution in [3.05, 3.63) is 23.8 Å². The number of hydrogen-bond donors (Lipinski definition) is 1. The molecular formula is C25H43N3O2. The third-order valence-corrected chi connectivity index (χ3v) is 5.00. The first-order valence-corrected chi connectivity index (χ1v) is 11.0. The van der Waals surface area contributed by atoms with Gasteiger partial charge in [0.25, 0.3) is 0 Å². The summed E-state index contributed by atoms with van der Waals surface area (Å²) < 4.78 is 0. The van der Waals surface area contributed by atoms with Gasteiger partial charge in [0, 0.05) is 50.9 Å². The smallest absolute Gasteiger partial charge is 0.224 e. The van der Waals surface area contributed by atoms with Crippen molar-refractivity contribution < 1.29 is 9.59 Å². The SMILES string of the molecule is CC[C@@H](C)N(Cc1cc(NC(=O)CC(C)(C)C)ccc1N(C)C)C(=O)CC(C)(C)C. The van der Waals surface area contributed by atoms with E-state index in [0.717, 1.165) is 23.4 Å². The number of hydrogen-bond acceptors (Lipinski definition) is 3. The number of nitrogens with one attached hydrogen (secondary N) is 1. The summed E-state index contributed by atoms with van der Waals surface area (Å²) in [5.41, 5.74) is 2.74. The number of benzene rings is 1. The fourth-order valence-corrected chi connectivity index (χ4v) is 3.36. The Morgan fingerprint density at radius 3 is 2.03 bits per heavy atom. The summed E-state index contributed by atoms with van der Waals surface area (Å²) in [5, 5.41) is 3.03. The predicted octanol–water partition coefficient (Wildman–Crippen LogP) is 5.69. The summed E-state index contributed by atoms with van der Waals surface area (Å²) in [6.45, 7) is 17.2. The predicted molar refractivity (Wildman–Crippen MR) is 128 cm³/mol. The topological polar surface area (TPSA) is 52.7 Å². The van der Waals surface area contributed by atoms with Gasteiger partial charge in [-0.25, -0.2) is 0 Å². The monoisotopic (exact) mass is 417 g/mol. The van der Waals surface area contributed by atoms with Crippen LogP contribution >= 0.6 is 0 Å². The van der Waals surface area contributed by atoms with Gasteiger partial charge >= 0.3 is 0 Å². The number of carbonyl (C=O) groups excluding carboxylic acids is 2. The van der Waals surface area contributed by atoms with Gasteiger partial charge in [0.15, 0.2) is 0 Å². The standard InChI is InChI=1S/C25H43N3O2/c1-11-18(2)28(23(30)16-25(6,7)8)17-19-14-20(12-13-21(19)27(9)10)26-22(29)15-24(3,4)5/h12-14,18H,11,15-17H2,1-10H3,(H,26,29)/t18-/m1/s1. The first kappa shape index (κ1) is 26.0. The van der Waals surface area contributed by atoms with E-state index in [0.29, 0.717) is 19.4 Å². The maximum absolute atomic E-state index is 13.1. The zero-order chi connectivity index (χ0) is 23.3. The van der Waals surface area contributed by atoms with Crippen LogP contribution in [0, 0.1) is 10.8 Å². The maximum Gasteiger partial charge on any atom is 0.224 e. The first-order chi connectivity index (χ1) is 13.6. The van der Waals surface area contributed by atoms with Crippen LogP contribution in [0.25, 0.3) is 0 Å². The van der Waals surface area contributed by atoms with E-state index in [4.69, 9.17) is 0 Å². The molecule has 1 aromatic carbocycles. The number of anilines is 2. The minimum Gasteiger partial charge on any atom is -0.377 e. The van der Waals surface area contributed by atoms with Crippen molar-refractivity contribution >= 4 is 23.2 Å². The van der Waals surface area contributed by atoms with Gasteiger partial charge in [0.2, 0.25) is 11.8 Å². The fraction of sp³-hybridized carbons (Fsp3) is 0.680. The lowest BCUT2D eigenvalue weighted by Gasteiger charge is -2.33. The van der Waals surface area contributed by atoms with E-state index in [-0.39, 0.29) is 28.7 Å². The van der Waals surface area contributed by atoms with Crippen LogP contribution in [0.4, 0.5) is 11.4 Å². The van der Waals surface area contributed by atoms with E-state index in [1.807, 2.05) is 37.2 Å². The van der Waals surface area contributed by atoms with Crippen LogP contribution < -0.4 is 10.2 Å². The normalized spacial score (nSPS) is 13.0. The highest BCUT2D eigenvalue weighted by Crippen LogP contribution is 2.28. The molecule has 0 radical (unpaired) electrons. The first-order valence-electron chi connectivity index (χ1n) is 11.0. The second-order valence-electron chi connectivity index (χ2n) is 11.0. The van der Waals surface area contributed by atoms with Gasteiger partial charge in [-0.3, -0.25) is 9.59 Å². The Hall–Kier alpha value is -2.04. The van der Waals surface area contributed by atoms with Crippen molar-refractivity contribution in [1.29, 1.82) is 0 Å². The summed E-state index contributed by atoms with van der Waals surface area (Å²) in [6, 6.07) is 6.11. The summed E-state index contributed by atoms with van der Waals surface area (Å²) in [5.74, 6) is 0.178. The molecule has 0 aliphatic carbocycles. The lowest BCUT2D eigenvalue weighted by atomic mass is 9.91. The van der Waals surface area contributed by atoms with Gasteiger partial charge in [-0.05, 0) is 47.9 Å². The minimum absolute atomic E-state index is 0.00800. The Morgan fingerprint density at radius 1 is 1.00 bits per heavy atom. The lowest BCUT2D eigenvalue weighted by Crippen LogP contribution is -2.39. The van der Waals surface area contributed by atoms with Gasteiger partial charge in [0.1, 0.15) is 0 Å². The van der Waals surface area contributed by atoms with Crippen LogP contribution in [-0.2, 0) is 16.1 Å². The molecule has 2 amide bonds. The van der Waals surface area contributed by atoms with Crippen LogP contribution in [0.1, 0.15) is 80.2 Å². The number of amides is 2. The van der Waals surface area contributed by atoms with Gasteiger partial charge < -0.3 is 15.1 Å².